The van der Waals surface area contributed by atoms with Crippen LogP contribution in [0.3, 0.4) is 0 Å². The van der Waals surface area contributed by atoms with Gasteiger partial charge in [-0.3, -0.25) is 4.79 Å². The van der Waals surface area contributed by atoms with E-state index in [2.05, 4.69) is 21.3 Å². The highest BCUT2D eigenvalue weighted by Gasteiger charge is 2.45. The van der Waals surface area contributed by atoms with Crippen molar-refractivity contribution in [2.24, 2.45) is 0 Å². The zero-order valence-corrected chi connectivity index (χ0v) is 16.2. The Balaban J connectivity index is 1.29. The maximum Gasteiger partial charge on any atom is 0.217 e. The van der Waals surface area contributed by atoms with Gasteiger partial charge < -0.3 is 15.0 Å². The van der Waals surface area contributed by atoms with Crippen molar-refractivity contribution in [2.45, 2.75) is 44.2 Å². The molecule has 6 nitrogen and oxygen atoms in total. The number of aromatic nitrogens is 1. The highest BCUT2D eigenvalue weighted by atomic mass is 16.5. The molecule has 2 heterocycles. The lowest BCUT2D eigenvalue weighted by molar-refractivity contribution is -0.119. The van der Waals surface area contributed by atoms with E-state index in [1.165, 1.54) is 6.92 Å². The van der Waals surface area contributed by atoms with E-state index >= 15 is 0 Å². The quantitative estimate of drug-likeness (QED) is 0.838. The molecule has 0 radical (unpaired) electrons. The first-order chi connectivity index (χ1) is 13.5. The lowest BCUT2D eigenvalue weighted by Crippen LogP contribution is -2.54. The van der Waals surface area contributed by atoms with Crippen molar-refractivity contribution in [1.29, 1.82) is 5.26 Å². The molecule has 2 fully saturated rings. The van der Waals surface area contributed by atoms with E-state index in [9.17, 15) is 10.1 Å². The Labute approximate surface area is 165 Å². The van der Waals surface area contributed by atoms with E-state index in [1.54, 1.807) is 0 Å². The minimum atomic E-state index is -0.282. The lowest BCUT2D eigenvalue weighted by Gasteiger charge is -2.39. The molecule has 1 saturated heterocycles. The molecular formula is C22H24N4O2. The van der Waals surface area contributed by atoms with Crippen LogP contribution in [-0.2, 0) is 10.2 Å². The third kappa shape index (κ3) is 3.65. The van der Waals surface area contributed by atoms with E-state index in [-0.39, 0.29) is 23.5 Å². The lowest BCUT2D eigenvalue weighted by atomic mass is 10.00. The Morgan fingerprint density at radius 3 is 2.54 bits per heavy atom. The SMILES string of the molecule is CC(=O)N[C@@H](C)c1ccc(OC2CN(c3ccc(C4(C#N)CC4)cn3)C2)cc1. The molecule has 1 atom stereocenters. The molecule has 1 aromatic heterocycles. The number of rotatable bonds is 6. The number of hydrogen-bond acceptors (Lipinski definition) is 5. The average molecular weight is 376 g/mol. The van der Waals surface area contributed by atoms with Crippen molar-refractivity contribution >= 4 is 11.7 Å². The molecule has 1 saturated carbocycles. The maximum atomic E-state index is 11.2. The van der Waals surface area contributed by atoms with Gasteiger partial charge in [0.1, 0.15) is 17.7 Å². The molecule has 1 aliphatic heterocycles. The maximum absolute atomic E-state index is 11.2. The summed E-state index contributed by atoms with van der Waals surface area (Å²) >= 11 is 0. The molecule has 0 unspecified atom stereocenters. The van der Waals surface area contributed by atoms with Crippen LogP contribution in [0.2, 0.25) is 0 Å². The highest BCUT2D eigenvalue weighted by Crippen LogP contribution is 2.47. The van der Waals surface area contributed by atoms with Crippen LogP contribution in [0.1, 0.15) is 43.9 Å². The standard InChI is InChI=1S/C22H24N4O2/c1-15(25-16(2)27)17-3-6-19(7-4-17)28-20-12-26(13-20)21-8-5-18(11-24-21)22(14-23)9-10-22/h3-8,11,15,20H,9-10,12-13H2,1-2H3,(H,25,27)/t15-/m0/s1. The van der Waals surface area contributed by atoms with Gasteiger partial charge in [0.25, 0.3) is 0 Å². The zero-order chi connectivity index (χ0) is 19.7. The fraction of sp³-hybridized carbons (Fsp3) is 0.409. The van der Waals surface area contributed by atoms with Gasteiger partial charge in [0.15, 0.2) is 0 Å². The number of carbonyl (C=O) groups excluding carboxylic acids is 1. The normalized spacial score (nSPS) is 18.5. The van der Waals surface area contributed by atoms with Crippen LogP contribution >= 0.6 is 0 Å². The Hall–Kier alpha value is -3.07. The molecule has 1 N–H and O–H groups in total. The summed E-state index contributed by atoms with van der Waals surface area (Å²) in [5.41, 5.74) is 1.80. The van der Waals surface area contributed by atoms with Crippen molar-refractivity contribution in [1.82, 2.24) is 10.3 Å². The van der Waals surface area contributed by atoms with Crippen molar-refractivity contribution in [2.75, 3.05) is 18.0 Å². The zero-order valence-electron chi connectivity index (χ0n) is 16.2. The number of hydrogen-bond donors (Lipinski definition) is 1. The molecule has 0 bridgehead atoms. The largest absolute Gasteiger partial charge is 0.487 e. The summed E-state index contributed by atoms with van der Waals surface area (Å²) in [6.45, 7) is 5.06. The van der Waals surface area contributed by atoms with Gasteiger partial charge in [-0.1, -0.05) is 18.2 Å². The number of amides is 1. The molecule has 0 spiro atoms. The summed E-state index contributed by atoms with van der Waals surface area (Å²) in [5, 5.41) is 12.2. The van der Waals surface area contributed by atoms with Gasteiger partial charge in [0.2, 0.25) is 5.91 Å². The first kappa shape index (κ1) is 18.3. The second kappa shape index (κ2) is 7.16. The van der Waals surface area contributed by atoms with Crippen molar-refractivity contribution in [3.63, 3.8) is 0 Å². The van der Waals surface area contributed by atoms with Crippen molar-refractivity contribution in [3.05, 3.63) is 53.7 Å². The Morgan fingerprint density at radius 1 is 1.29 bits per heavy atom. The molecule has 144 valence electrons. The Kier molecular flexibility index (Phi) is 4.68. The van der Waals surface area contributed by atoms with Crippen LogP contribution in [0.25, 0.3) is 0 Å². The van der Waals surface area contributed by atoms with Gasteiger partial charge in [0.05, 0.1) is 30.6 Å². The van der Waals surface area contributed by atoms with Gasteiger partial charge in [-0.25, -0.2) is 4.98 Å². The number of anilines is 1. The summed E-state index contributed by atoms with van der Waals surface area (Å²) in [4.78, 5) is 17.9. The summed E-state index contributed by atoms with van der Waals surface area (Å²) in [5.74, 6) is 1.72. The number of benzene rings is 1. The second-order valence-electron chi connectivity index (χ2n) is 7.74. The molecule has 1 aromatic carbocycles. The van der Waals surface area contributed by atoms with Crippen LogP contribution in [0, 0.1) is 11.3 Å². The number of nitrogens with one attached hydrogen (secondary N) is 1. The van der Waals surface area contributed by atoms with E-state index in [1.807, 2.05) is 49.5 Å². The van der Waals surface area contributed by atoms with Crippen LogP contribution in [0.5, 0.6) is 5.75 Å². The molecule has 28 heavy (non-hydrogen) atoms. The van der Waals surface area contributed by atoms with Gasteiger partial charge in [-0.15, -0.1) is 0 Å². The summed E-state index contributed by atoms with van der Waals surface area (Å²) < 4.78 is 6.02. The monoisotopic (exact) mass is 376 g/mol. The highest BCUT2D eigenvalue weighted by molar-refractivity contribution is 5.73. The van der Waals surface area contributed by atoms with Gasteiger partial charge in [0, 0.05) is 13.1 Å². The van der Waals surface area contributed by atoms with E-state index in [0.717, 1.165) is 48.6 Å². The smallest absolute Gasteiger partial charge is 0.217 e. The Morgan fingerprint density at radius 2 is 2.00 bits per heavy atom. The number of carbonyl (C=O) groups is 1. The average Bonchev–Trinajstić information content (AvgIpc) is 3.46. The van der Waals surface area contributed by atoms with E-state index < -0.39 is 0 Å². The van der Waals surface area contributed by atoms with Gasteiger partial charge in [-0.2, -0.15) is 5.26 Å². The molecule has 2 aromatic rings. The number of nitriles is 1. The van der Waals surface area contributed by atoms with Crippen molar-refractivity contribution < 1.29 is 9.53 Å². The summed E-state index contributed by atoms with van der Waals surface area (Å²) in [7, 11) is 0. The molecule has 1 amide bonds. The van der Waals surface area contributed by atoms with Crippen LogP contribution in [0.4, 0.5) is 5.82 Å². The predicted molar refractivity (Wildman–Crippen MR) is 106 cm³/mol. The first-order valence-electron chi connectivity index (χ1n) is 9.65. The first-order valence-corrected chi connectivity index (χ1v) is 9.65. The Bertz CT molecular complexity index is 892. The number of pyridine rings is 1. The number of ether oxygens (including phenoxy) is 1. The van der Waals surface area contributed by atoms with Crippen LogP contribution < -0.4 is 15.0 Å². The minimum Gasteiger partial charge on any atom is -0.487 e. The third-order valence-corrected chi connectivity index (χ3v) is 5.54. The van der Waals surface area contributed by atoms with Gasteiger partial charge in [-0.05, 0) is 49.1 Å². The van der Waals surface area contributed by atoms with Crippen LogP contribution in [0.15, 0.2) is 42.6 Å². The topological polar surface area (TPSA) is 78.2 Å². The molecule has 4 rings (SSSR count). The van der Waals surface area contributed by atoms with Crippen molar-refractivity contribution in [3.8, 4) is 11.8 Å². The second-order valence-corrected chi connectivity index (χ2v) is 7.74. The van der Waals surface area contributed by atoms with Crippen LogP contribution in [-0.4, -0.2) is 30.1 Å². The summed E-state index contributed by atoms with van der Waals surface area (Å²) in [6, 6.07) is 14.3. The van der Waals surface area contributed by atoms with E-state index in [0.29, 0.717) is 0 Å². The fourth-order valence-electron chi connectivity index (χ4n) is 3.56. The predicted octanol–water partition coefficient (Wildman–Crippen LogP) is 3.10. The molecular weight excluding hydrogens is 352 g/mol. The van der Waals surface area contributed by atoms with Gasteiger partial charge >= 0.3 is 0 Å². The molecule has 2 aliphatic rings. The summed E-state index contributed by atoms with van der Waals surface area (Å²) in [6.07, 6.45) is 3.85. The third-order valence-electron chi connectivity index (χ3n) is 5.54. The molecule has 1 aliphatic carbocycles. The number of nitrogens with zero attached hydrogens (tertiary/aromatic N) is 3. The fourth-order valence-corrected chi connectivity index (χ4v) is 3.56. The minimum absolute atomic E-state index is 0.0180. The molecule has 6 heteroatoms. The van der Waals surface area contributed by atoms with E-state index in [4.69, 9.17) is 4.74 Å².